The van der Waals surface area contributed by atoms with E-state index >= 15 is 0 Å². The molecule has 0 aliphatic rings. The molecule has 0 radical (unpaired) electrons. The molecule has 0 fully saturated rings. The minimum absolute atomic E-state index is 0.0389. The predicted octanol–water partition coefficient (Wildman–Crippen LogP) is 0.624. The molecule has 0 aliphatic carbocycles. The average molecular weight is 249 g/mol. The first-order valence-corrected chi connectivity index (χ1v) is 6.32. The van der Waals surface area contributed by atoms with Gasteiger partial charge in [-0.15, -0.1) is 0 Å². The zero-order chi connectivity index (χ0) is 13.4. The topological polar surface area (TPSA) is 58.4 Å². The van der Waals surface area contributed by atoms with E-state index in [-0.39, 0.29) is 11.9 Å². The quantitative estimate of drug-likeness (QED) is 0.745. The number of carbonyl (C=O) groups is 1. The highest BCUT2D eigenvalue weighted by molar-refractivity contribution is 5.76. The van der Waals surface area contributed by atoms with Gasteiger partial charge in [0.2, 0.25) is 5.91 Å². The lowest BCUT2D eigenvalue weighted by Gasteiger charge is -2.26. The predicted molar refractivity (Wildman–Crippen MR) is 74.3 cm³/mol. The summed E-state index contributed by atoms with van der Waals surface area (Å²) in [5.74, 6) is 0.0389. The number of rotatable bonds is 7. The molecule has 1 rings (SSSR count). The molecular weight excluding hydrogens is 226 g/mol. The standard InChI is InChI=1S/C14H23N3O/c1-16-14(18)10-13(11-15)17(2)9-8-12-6-4-3-5-7-12/h3-7,13H,8-11,15H2,1-2H3,(H,16,18). The average Bonchev–Trinajstić information content (AvgIpc) is 2.42. The van der Waals surface area contributed by atoms with Gasteiger partial charge in [0.25, 0.3) is 0 Å². The van der Waals surface area contributed by atoms with Crippen molar-refractivity contribution in [1.82, 2.24) is 10.2 Å². The Balaban J connectivity index is 2.42. The number of hydrogen-bond donors (Lipinski definition) is 2. The Morgan fingerprint density at radius 1 is 1.39 bits per heavy atom. The molecule has 0 bridgehead atoms. The van der Waals surface area contributed by atoms with Crippen molar-refractivity contribution in [2.24, 2.45) is 5.73 Å². The van der Waals surface area contributed by atoms with Crippen LogP contribution in [0.15, 0.2) is 30.3 Å². The van der Waals surface area contributed by atoms with Gasteiger partial charge in [-0.1, -0.05) is 30.3 Å². The van der Waals surface area contributed by atoms with Crippen molar-refractivity contribution in [3.63, 3.8) is 0 Å². The molecule has 1 amide bonds. The molecule has 0 aliphatic heterocycles. The highest BCUT2D eigenvalue weighted by Crippen LogP contribution is 2.05. The van der Waals surface area contributed by atoms with E-state index in [0.717, 1.165) is 13.0 Å². The molecule has 4 heteroatoms. The lowest BCUT2D eigenvalue weighted by atomic mass is 10.1. The summed E-state index contributed by atoms with van der Waals surface area (Å²) in [6.45, 7) is 1.40. The van der Waals surface area contributed by atoms with Crippen LogP contribution in [0.25, 0.3) is 0 Å². The molecular formula is C14H23N3O. The number of nitrogens with two attached hydrogens (primary N) is 1. The summed E-state index contributed by atoms with van der Waals surface area (Å²) in [7, 11) is 3.67. The molecule has 18 heavy (non-hydrogen) atoms. The van der Waals surface area contributed by atoms with Crippen molar-refractivity contribution in [2.75, 3.05) is 27.2 Å². The number of nitrogens with zero attached hydrogens (tertiary/aromatic N) is 1. The molecule has 0 saturated carbocycles. The molecule has 0 aromatic heterocycles. The van der Waals surface area contributed by atoms with Gasteiger partial charge in [-0.3, -0.25) is 4.79 Å². The van der Waals surface area contributed by atoms with Crippen molar-refractivity contribution in [2.45, 2.75) is 18.9 Å². The third-order valence-corrected chi connectivity index (χ3v) is 3.19. The first kappa shape index (κ1) is 14.7. The van der Waals surface area contributed by atoms with E-state index in [1.165, 1.54) is 5.56 Å². The normalized spacial score (nSPS) is 12.4. The van der Waals surface area contributed by atoms with E-state index in [0.29, 0.717) is 13.0 Å². The minimum Gasteiger partial charge on any atom is -0.359 e. The fraction of sp³-hybridized carbons (Fsp3) is 0.500. The summed E-state index contributed by atoms with van der Waals surface area (Å²) < 4.78 is 0. The zero-order valence-electron chi connectivity index (χ0n) is 11.2. The van der Waals surface area contributed by atoms with Gasteiger partial charge < -0.3 is 16.0 Å². The van der Waals surface area contributed by atoms with E-state index in [2.05, 4.69) is 22.3 Å². The minimum atomic E-state index is 0.0389. The smallest absolute Gasteiger partial charge is 0.221 e. The van der Waals surface area contributed by atoms with Crippen LogP contribution in [0.4, 0.5) is 0 Å². The van der Waals surface area contributed by atoms with Crippen molar-refractivity contribution in [3.8, 4) is 0 Å². The second kappa shape index (κ2) is 7.84. The lowest BCUT2D eigenvalue weighted by Crippen LogP contribution is -2.42. The van der Waals surface area contributed by atoms with Crippen LogP contribution in [0.5, 0.6) is 0 Å². The first-order chi connectivity index (χ1) is 8.67. The van der Waals surface area contributed by atoms with Gasteiger partial charge >= 0.3 is 0 Å². The van der Waals surface area contributed by atoms with Crippen LogP contribution >= 0.6 is 0 Å². The Labute approximate surface area is 109 Å². The van der Waals surface area contributed by atoms with Crippen LogP contribution < -0.4 is 11.1 Å². The van der Waals surface area contributed by atoms with Gasteiger partial charge in [-0.05, 0) is 19.0 Å². The monoisotopic (exact) mass is 249 g/mol. The van der Waals surface area contributed by atoms with E-state index < -0.39 is 0 Å². The van der Waals surface area contributed by atoms with E-state index in [1.807, 2.05) is 25.2 Å². The van der Waals surface area contributed by atoms with Gasteiger partial charge in [0.15, 0.2) is 0 Å². The van der Waals surface area contributed by atoms with Crippen molar-refractivity contribution >= 4 is 5.91 Å². The maximum Gasteiger partial charge on any atom is 0.221 e. The Kier molecular flexibility index (Phi) is 6.39. The maximum atomic E-state index is 11.4. The summed E-state index contributed by atoms with van der Waals surface area (Å²) in [5, 5.41) is 2.64. The molecule has 0 saturated heterocycles. The van der Waals surface area contributed by atoms with Crippen molar-refractivity contribution in [3.05, 3.63) is 35.9 Å². The summed E-state index contributed by atoms with van der Waals surface area (Å²) in [4.78, 5) is 13.5. The molecule has 0 spiro atoms. The van der Waals surface area contributed by atoms with Crippen LogP contribution in [0.2, 0.25) is 0 Å². The maximum absolute atomic E-state index is 11.4. The number of likely N-dealkylation sites (N-methyl/N-ethyl adjacent to an activating group) is 1. The van der Waals surface area contributed by atoms with E-state index in [9.17, 15) is 4.79 Å². The summed E-state index contributed by atoms with van der Waals surface area (Å²) >= 11 is 0. The van der Waals surface area contributed by atoms with Gasteiger partial charge in [0.1, 0.15) is 0 Å². The third-order valence-electron chi connectivity index (χ3n) is 3.19. The fourth-order valence-electron chi connectivity index (χ4n) is 1.87. The highest BCUT2D eigenvalue weighted by atomic mass is 16.1. The van der Waals surface area contributed by atoms with Gasteiger partial charge in [0.05, 0.1) is 0 Å². The SMILES string of the molecule is CNC(=O)CC(CN)N(C)CCc1ccccc1. The second-order valence-corrected chi connectivity index (χ2v) is 4.48. The Morgan fingerprint density at radius 2 is 2.06 bits per heavy atom. The summed E-state index contributed by atoms with van der Waals surface area (Å²) in [6.07, 6.45) is 1.43. The van der Waals surface area contributed by atoms with Crippen LogP contribution in [0, 0.1) is 0 Å². The van der Waals surface area contributed by atoms with Crippen molar-refractivity contribution in [1.29, 1.82) is 0 Å². The fourth-order valence-corrected chi connectivity index (χ4v) is 1.87. The second-order valence-electron chi connectivity index (χ2n) is 4.48. The van der Waals surface area contributed by atoms with Gasteiger partial charge in [0, 0.05) is 32.6 Å². The first-order valence-electron chi connectivity index (χ1n) is 6.32. The molecule has 100 valence electrons. The number of hydrogen-bond acceptors (Lipinski definition) is 3. The number of nitrogens with one attached hydrogen (secondary N) is 1. The molecule has 3 N–H and O–H groups in total. The van der Waals surface area contributed by atoms with Crippen LogP contribution in [0.1, 0.15) is 12.0 Å². The third kappa shape index (κ3) is 4.85. The summed E-state index contributed by atoms with van der Waals surface area (Å²) in [5.41, 5.74) is 7.03. The molecule has 0 heterocycles. The van der Waals surface area contributed by atoms with E-state index in [4.69, 9.17) is 5.73 Å². The van der Waals surface area contributed by atoms with Crippen LogP contribution in [-0.4, -0.2) is 44.0 Å². The molecule has 1 aromatic rings. The zero-order valence-corrected chi connectivity index (χ0v) is 11.2. The van der Waals surface area contributed by atoms with Gasteiger partial charge in [-0.25, -0.2) is 0 Å². The van der Waals surface area contributed by atoms with E-state index in [1.54, 1.807) is 7.05 Å². The molecule has 1 unspecified atom stereocenters. The lowest BCUT2D eigenvalue weighted by molar-refractivity contribution is -0.121. The molecule has 1 atom stereocenters. The van der Waals surface area contributed by atoms with Crippen LogP contribution in [-0.2, 0) is 11.2 Å². The Hall–Kier alpha value is -1.39. The number of amides is 1. The molecule has 4 nitrogen and oxygen atoms in total. The van der Waals surface area contributed by atoms with Gasteiger partial charge in [-0.2, -0.15) is 0 Å². The van der Waals surface area contributed by atoms with Crippen molar-refractivity contribution < 1.29 is 4.79 Å². The Morgan fingerprint density at radius 3 is 2.61 bits per heavy atom. The highest BCUT2D eigenvalue weighted by Gasteiger charge is 2.16. The summed E-state index contributed by atoms with van der Waals surface area (Å²) in [6, 6.07) is 10.4. The molecule has 1 aromatic carbocycles. The van der Waals surface area contributed by atoms with Crippen LogP contribution in [0.3, 0.4) is 0 Å². The number of benzene rings is 1. The number of carbonyl (C=O) groups excluding carboxylic acids is 1. The Bertz CT molecular complexity index is 353. The largest absolute Gasteiger partial charge is 0.359 e.